The Bertz CT molecular complexity index is 588. The lowest BCUT2D eigenvalue weighted by Crippen LogP contribution is -2.51. The Morgan fingerprint density at radius 3 is 3.04 bits per heavy atom. The maximum Gasteiger partial charge on any atom is 0.322 e. The number of hydrogen-bond acceptors (Lipinski definition) is 3. The lowest BCUT2D eigenvalue weighted by Gasteiger charge is -2.32. The number of methoxy groups -OCH3 is 1. The van der Waals surface area contributed by atoms with Crippen molar-refractivity contribution in [3.05, 3.63) is 23.8 Å². The van der Waals surface area contributed by atoms with Crippen LogP contribution in [-0.4, -0.2) is 38.2 Å². The van der Waals surface area contributed by atoms with Gasteiger partial charge in [0.1, 0.15) is 11.8 Å². The van der Waals surface area contributed by atoms with Crippen LogP contribution in [0, 0.1) is 0 Å². The molecular formula is C17H23N3O3. The molecule has 6 nitrogen and oxygen atoms in total. The molecule has 2 aliphatic rings. The average molecular weight is 317 g/mol. The first-order chi connectivity index (χ1) is 11.2. The average Bonchev–Trinajstić information content (AvgIpc) is 2.78. The van der Waals surface area contributed by atoms with E-state index in [-0.39, 0.29) is 11.9 Å². The van der Waals surface area contributed by atoms with Gasteiger partial charge in [-0.2, -0.15) is 0 Å². The SMILES string of the molecule is COc1cccc2c1N(C(=O)NC1CCCCNC1=O)CCC2. The second kappa shape index (κ2) is 6.89. The number of nitrogens with one attached hydrogen (secondary N) is 2. The molecule has 0 radical (unpaired) electrons. The van der Waals surface area contributed by atoms with Gasteiger partial charge in [0.25, 0.3) is 0 Å². The van der Waals surface area contributed by atoms with Crippen LogP contribution in [0.2, 0.25) is 0 Å². The summed E-state index contributed by atoms with van der Waals surface area (Å²) < 4.78 is 5.42. The summed E-state index contributed by atoms with van der Waals surface area (Å²) in [5, 5.41) is 5.74. The molecule has 0 aromatic heterocycles. The Hall–Kier alpha value is -2.24. The highest BCUT2D eigenvalue weighted by molar-refractivity contribution is 5.97. The smallest absolute Gasteiger partial charge is 0.322 e. The number of rotatable bonds is 2. The molecule has 1 fully saturated rings. The molecule has 1 aromatic carbocycles. The van der Waals surface area contributed by atoms with E-state index in [1.807, 2.05) is 18.2 Å². The zero-order valence-corrected chi connectivity index (χ0v) is 13.4. The monoisotopic (exact) mass is 317 g/mol. The molecule has 1 aromatic rings. The van der Waals surface area contributed by atoms with Gasteiger partial charge in [-0.1, -0.05) is 12.1 Å². The van der Waals surface area contributed by atoms with Crippen LogP contribution < -0.4 is 20.3 Å². The van der Waals surface area contributed by atoms with Gasteiger partial charge in [-0.15, -0.1) is 0 Å². The van der Waals surface area contributed by atoms with Crippen molar-refractivity contribution in [2.75, 3.05) is 25.1 Å². The normalized spacial score (nSPS) is 21.0. The van der Waals surface area contributed by atoms with E-state index in [9.17, 15) is 9.59 Å². The van der Waals surface area contributed by atoms with Crippen LogP contribution in [0.25, 0.3) is 0 Å². The second-order valence-electron chi connectivity index (χ2n) is 6.01. The van der Waals surface area contributed by atoms with Gasteiger partial charge in [0.2, 0.25) is 5.91 Å². The number of benzene rings is 1. The zero-order valence-electron chi connectivity index (χ0n) is 13.4. The number of carbonyl (C=O) groups is 2. The summed E-state index contributed by atoms with van der Waals surface area (Å²) in [6.45, 7) is 1.32. The molecule has 2 N–H and O–H groups in total. The summed E-state index contributed by atoms with van der Waals surface area (Å²) >= 11 is 0. The largest absolute Gasteiger partial charge is 0.495 e. The van der Waals surface area contributed by atoms with Crippen molar-refractivity contribution in [3.8, 4) is 5.75 Å². The highest BCUT2D eigenvalue weighted by atomic mass is 16.5. The molecule has 124 valence electrons. The highest BCUT2D eigenvalue weighted by Crippen LogP contribution is 2.36. The van der Waals surface area contributed by atoms with Crippen LogP contribution in [0.3, 0.4) is 0 Å². The summed E-state index contributed by atoms with van der Waals surface area (Å²) in [6.07, 6.45) is 4.41. The van der Waals surface area contributed by atoms with E-state index in [4.69, 9.17) is 4.74 Å². The molecule has 1 atom stereocenters. The molecule has 3 rings (SSSR count). The van der Waals surface area contributed by atoms with Crippen LogP contribution in [0.15, 0.2) is 18.2 Å². The minimum Gasteiger partial charge on any atom is -0.495 e. The van der Waals surface area contributed by atoms with Crippen molar-refractivity contribution in [1.82, 2.24) is 10.6 Å². The Kier molecular flexibility index (Phi) is 4.69. The third kappa shape index (κ3) is 3.25. The van der Waals surface area contributed by atoms with Gasteiger partial charge in [-0.05, 0) is 43.7 Å². The molecule has 2 aliphatic heterocycles. The van der Waals surface area contributed by atoms with Gasteiger partial charge in [-0.25, -0.2) is 4.79 Å². The molecule has 1 saturated heterocycles. The van der Waals surface area contributed by atoms with Crippen LogP contribution >= 0.6 is 0 Å². The van der Waals surface area contributed by atoms with Crippen molar-refractivity contribution in [2.24, 2.45) is 0 Å². The number of nitrogens with zero attached hydrogens (tertiary/aromatic N) is 1. The van der Waals surface area contributed by atoms with Gasteiger partial charge in [0.05, 0.1) is 12.8 Å². The van der Waals surface area contributed by atoms with E-state index in [1.165, 1.54) is 0 Å². The van der Waals surface area contributed by atoms with Crippen LogP contribution in [0.4, 0.5) is 10.5 Å². The van der Waals surface area contributed by atoms with Crippen molar-refractivity contribution in [2.45, 2.75) is 38.1 Å². The molecule has 0 bridgehead atoms. The number of hydrogen-bond donors (Lipinski definition) is 2. The first-order valence-electron chi connectivity index (χ1n) is 8.22. The minimum atomic E-state index is -0.454. The third-order valence-corrected chi connectivity index (χ3v) is 4.48. The highest BCUT2D eigenvalue weighted by Gasteiger charge is 2.29. The molecular weight excluding hydrogens is 294 g/mol. The fourth-order valence-electron chi connectivity index (χ4n) is 3.29. The van der Waals surface area contributed by atoms with Crippen LogP contribution in [-0.2, 0) is 11.2 Å². The van der Waals surface area contributed by atoms with E-state index in [0.29, 0.717) is 25.3 Å². The maximum absolute atomic E-state index is 12.7. The number of amides is 3. The van der Waals surface area contributed by atoms with E-state index < -0.39 is 6.04 Å². The summed E-state index contributed by atoms with van der Waals surface area (Å²) in [6, 6.07) is 5.15. The van der Waals surface area contributed by atoms with Gasteiger partial charge in [0, 0.05) is 13.1 Å². The van der Waals surface area contributed by atoms with Crippen molar-refractivity contribution >= 4 is 17.6 Å². The summed E-state index contributed by atoms with van der Waals surface area (Å²) in [5.74, 6) is 0.607. The molecule has 0 aliphatic carbocycles. The minimum absolute atomic E-state index is 0.0897. The van der Waals surface area contributed by atoms with Crippen molar-refractivity contribution in [3.63, 3.8) is 0 Å². The molecule has 1 unspecified atom stereocenters. The van der Waals surface area contributed by atoms with Crippen LogP contribution in [0.1, 0.15) is 31.2 Å². The quantitative estimate of drug-likeness (QED) is 0.874. The second-order valence-corrected chi connectivity index (χ2v) is 6.01. The predicted octanol–water partition coefficient (Wildman–Crippen LogP) is 1.83. The number of anilines is 1. The zero-order chi connectivity index (χ0) is 16.2. The number of urea groups is 1. The first-order valence-corrected chi connectivity index (χ1v) is 8.22. The summed E-state index contributed by atoms with van der Waals surface area (Å²) in [7, 11) is 1.61. The Balaban J connectivity index is 1.80. The molecule has 23 heavy (non-hydrogen) atoms. The fraction of sp³-hybridized carbons (Fsp3) is 0.529. The number of para-hydroxylation sites is 1. The fourth-order valence-corrected chi connectivity index (χ4v) is 3.29. The van der Waals surface area contributed by atoms with E-state index in [2.05, 4.69) is 10.6 Å². The Morgan fingerprint density at radius 2 is 2.22 bits per heavy atom. The first kappa shape index (κ1) is 15.6. The lowest BCUT2D eigenvalue weighted by atomic mass is 10.0. The van der Waals surface area contributed by atoms with E-state index in [0.717, 1.165) is 36.9 Å². The molecule has 3 amide bonds. The maximum atomic E-state index is 12.7. The molecule has 0 spiro atoms. The predicted molar refractivity (Wildman–Crippen MR) is 87.8 cm³/mol. The van der Waals surface area contributed by atoms with Crippen LogP contribution in [0.5, 0.6) is 5.75 Å². The van der Waals surface area contributed by atoms with Crippen molar-refractivity contribution < 1.29 is 14.3 Å². The van der Waals surface area contributed by atoms with E-state index >= 15 is 0 Å². The van der Waals surface area contributed by atoms with E-state index in [1.54, 1.807) is 12.0 Å². The molecule has 6 heteroatoms. The third-order valence-electron chi connectivity index (χ3n) is 4.48. The number of fused-ring (bicyclic) bond motifs is 1. The number of ether oxygens (including phenoxy) is 1. The van der Waals surface area contributed by atoms with Gasteiger partial charge < -0.3 is 15.4 Å². The van der Waals surface area contributed by atoms with Gasteiger partial charge in [-0.3, -0.25) is 9.69 Å². The standard InChI is InChI=1S/C17H23N3O3/c1-23-14-9-4-6-12-7-5-11-20(15(12)14)17(22)19-13-8-2-3-10-18-16(13)21/h4,6,9,13H,2-3,5,7-8,10-11H2,1H3,(H,18,21)(H,19,22). The summed E-state index contributed by atoms with van der Waals surface area (Å²) in [4.78, 5) is 26.5. The Labute approximate surface area is 136 Å². The summed E-state index contributed by atoms with van der Waals surface area (Å²) in [5.41, 5.74) is 1.93. The van der Waals surface area contributed by atoms with Gasteiger partial charge >= 0.3 is 6.03 Å². The molecule has 2 heterocycles. The molecule has 0 saturated carbocycles. The topological polar surface area (TPSA) is 70.7 Å². The number of aryl methyl sites for hydroxylation is 1. The van der Waals surface area contributed by atoms with Gasteiger partial charge in [0.15, 0.2) is 0 Å². The lowest BCUT2D eigenvalue weighted by molar-refractivity contribution is -0.122. The number of carbonyl (C=O) groups excluding carboxylic acids is 2. The Morgan fingerprint density at radius 1 is 1.35 bits per heavy atom. The van der Waals surface area contributed by atoms with Crippen molar-refractivity contribution in [1.29, 1.82) is 0 Å².